The Hall–Kier alpha value is -1.76. The fraction of sp³-hybridized carbons (Fsp3) is 0.588. The van der Waals surface area contributed by atoms with Crippen LogP contribution in [0.25, 0.3) is 11.6 Å². The summed E-state index contributed by atoms with van der Waals surface area (Å²) in [7, 11) is 1.88. The van der Waals surface area contributed by atoms with Crippen molar-refractivity contribution in [1.29, 1.82) is 0 Å². The highest BCUT2D eigenvalue weighted by atomic mass is 32.2. The standard InChI is InChI=1S/C17H24N4O2S/c1-11-6-4-7-13(12(11)2)18-15(22)10-24-17-20-19-16(21(17)3)14-8-5-9-23-14/h5,8-9,11-13H,4,6-7,10H2,1-3H3,(H,18,22)/t11-,12+,13+/m0/s1. The Labute approximate surface area is 146 Å². The zero-order chi connectivity index (χ0) is 17.1. The van der Waals surface area contributed by atoms with E-state index in [4.69, 9.17) is 4.42 Å². The quantitative estimate of drug-likeness (QED) is 0.841. The monoisotopic (exact) mass is 348 g/mol. The highest BCUT2D eigenvalue weighted by Crippen LogP contribution is 2.29. The van der Waals surface area contributed by atoms with Crippen LogP contribution in [0.5, 0.6) is 0 Å². The van der Waals surface area contributed by atoms with Crippen LogP contribution in [0.1, 0.15) is 33.1 Å². The first kappa shape index (κ1) is 17.1. The Bertz CT molecular complexity index is 683. The Balaban J connectivity index is 1.55. The van der Waals surface area contributed by atoms with Gasteiger partial charge in [-0.05, 0) is 30.4 Å². The molecule has 2 aromatic heterocycles. The van der Waals surface area contributed by atoms with Crippen molar-refractivity contribution in [1.82, 2.24) is 20.1 Å². The molecule has 0 spiro atoms. The topological polar surface area (TPSA) is 73.0 Å². The van der Waals surface area contributed by atoms with E-state index in [9.17, 15) is 4.79 Å². The molecule has 1 aliphatic rings. The van der Waals surface area contributed by atoms with Gasteiger partial charge in [0, 0.05) is 13.1 Å². The molecule has 0 saturated heterocycles. The molecule has 1 saturated carbocycles. The summed E-state index contributed by atoms with van der Waals surface area (Å²) in [5.41, 5.74) is 0. The van der Waals surface area contributed by atoms with Crippen LogP contribution in [0.15, 0.2) is 28.0 Å². The number of carbonyl (C=O) groups excluding carboxylic acids is 1. The number of thioether (sulfide) groups is 1. The van der Waals surface area contributed by atoms with Crippen LogP contribution in [0.4, 0.5) is 0 Å². The molecule has 0 radical (unpaired) electrons. The number of amides is 1. The van der Waals surface area contributed by atoms with E-state index < -0.39 is 0 Å². The average molecular weight is 348 g/mol. The van der Waals surface area contributed by atoms with Crippen molar-refractivity contribution in [2.75, 3.05) is 5.75 Å². The van der Waals surface area contributed by atoms with Crippen LogP contribution in [0.2, 0.25) is 0 Å². The van der Waals surface area contributed by atoms with Crippen molar-refractivity contribution in [3.8, 4) is 11.6 Å². The average Bonchev–Trinajstić information content (AvgIpc) is 3.19. The lowest BCUT2D eigenvalue weighted by atomic mass is 9.78. The number of hydrogen-bond acceptors (Lipinski definition) is 5. The van der Waals surface area contributed by atoms with Crippen molar-refractivity contribution in [2.24, 2.45) is 18.9 Å². The fourth-order valence-corrected chi connectivity index (χ4v) is 3.95. The van der Waals surface area contributed by atoms with E-state index in [2.05, 4.69) is 29.4 Å². The molecule has 0 aromatic carbocycles. The molecule has 24 heavy (non-hydrogen) atoms. The van der Waals surface area contributed by atoms with Gasteiger partial charge in [0.2, 0.25) is 5.91 Å². The third-order valence-corrected chi connectivity index (χ3v) is 5.98. The van der Waals surface area contributed by atoms with E-state index in [1.54, 1.807) is 6.26 Å². The second-order valence-corrected chi connectivity index (χ2v) is 7.51. The van der Waals surface area contributed by atoms with Gasteiger partial charge in [-0.3, -0.25) is 4.79 Å². The molecule has 2 aromatic rings. The molecule has 130 valence electrons. The molecule has 1 fully saturated rings. The summed E-state index contributed by atoms with van der Waals surface area (Å²) in [4.78, 5) is 12.3. The summed E-state index contributed by atoms with van der Waals surface area (Å²) in [5.74, 6) is 2.96. The largest absolute Gasteiger partial charge is 0.461 e. The van der Waals surface area contributed by atoms with Crippen LogP contribution < -0.4 is 5.32 Å². The summed E-state index contributed by atoms with van der Waals surface area (Å²) in [5, 5.41) is 12.2. The zero-order valence-corrected chi connectivity index (χ0v) is 15.2. The number of hydrogen-bond donors (Lipinski definition) is 1. The van der Waals surface area contributed by atoms with Crippen LogP contribution in [-0.2, 0) is 11.8 Å². The molecular weight excluding hydrogens is 324 g/mol. The number of rotatable bonds is 5. The van der Waals surface area contributed by atoms with Crippen LogP contribution in [-0.4, -0.2) is 32.5 Å². The van der Waals surface area contributed by atoms with Crippen molar-refractivity contribution >= 4 is 17.7 Å². The van der Waals surface area contributed by atoms with Crippen molar-refractivity contribution in [3.63, 3.8) is 0 Å². The van der Waals surface area contributed by atoms with Crippen molar-refractivity contribution in [3.05, 3.63) is 18.4 Å². The van der Waals surface area contributed by atoms with E-state index in [0.717, 1.165) is 6.42 Å². The maximum atomic E-state index is 12.3. The van der Waals surface area contributed by atoms with Gasteiger partial charge in [-0.1, -0.05) is 38.5 Å². The summed E-state index contributed by atoms with van der Waals surface area (Å²) in [6, 6.07) is 3.95. The highest BCUT2D eigenvalue weighted by molar-refractivity contribution is 7.99. The first-order chi connectivity index (χ1) is 11.6. The van der Waals surface area contributed by atoms with Crippen LogP contribution in [0.3, 0.4) is 0 Å². The normalized spacial score (nSPS) is 24.0. The maximum Gasteiger partial charge on any atom is 0.230 e. The third kappa shape index (κ3) is 3.66. The van der Waals surface area contributed by atoms with E-state index >= 15 is 0 Å². The van der Waals surface area contributed by atoms with Gasteiger partial charge in [-0.25, -0.2) is 0 Å². The number of carbonyl (C=O) groups is 1. The fourth-order valence-electron chi connectivity index (χ4n) is 3.23. The van der Waals surface area contributed by atoms with Crippen molar-refractivity contribution in [2.45, 2.75) is 44.3 Å². The number of nitrogens with one attached hydrogen (secondary N) is 1. The number of nitrogens with zero attached hydrogens (tertiary/aromatic N) is 3. The number of aromatic nitrogens is 3. The Morgan fingerprint density at radius 2 is 2.25 bits per heavy atom. The van der Waals surface area contributed by atoms with Gasteiger partial charge in [0.15, 0.2) is 16.7 Å². The summed E-state index contributed by atoms with van der Waals surface area (Å²) < 4.78 is 7.20. The molecule has 0 bridgehead atoms. The van der Waals surface area contributed by atoms with Gasteiger partial charge in [0.1, 0.15) is 0 Å². The highest BCUT2D eigenvalue weighted by Gasteiger charge is 2.28. The zero-order valence-electron chi connectivity index (χ0n) is 14.4. The maximum absolute atomic E-state index is 12.3. The van der Waals surface area contributed by atoms with Gasteiger partial charge >= 0.3 is 0 Å². The number of furan rings is 1. The summed E-state index contributed by atoms with van der Waals surface area (Å²) in [6.07, 6.45) is 5.14. The lowest BCUT2D eigenvalue weighted by molar-refractivity contribution is -0.120. The second kappa shape index (κ2) is 7.42. The molecule has 0 unspecified atom stereocenters. The van der Waals surface area contributed by atoms with E-state index in [-0.39, 0.29) is 5.91 Å². The lowest BCUT2D eigenvalue weighted by Gasteiger charge is -2.34. The molecule has 1 amide bonds. The van der Waals surface area contributed by atoms with Gasteiger partial charge in [0.05, 0.1) is 12.0 Å². The second-order valence-electron chi connectivity index (χ2n) is 6.57. The van der Waals surface area contributed by atoms with E-state index in [1.165, 1.54) is 24.6 Å². The first-order valence-electron chi connectivity index (χ1n) is 8.41. The lowest BCUT2D eigenvalue weighted by Crippen LogP contribution is -2.44. The minimum absolute atomic E-state index is 0.0634. The molecule has 2 heterocycles. The molecule has 7 heteroatoms. The molecule has 3 atom stereocenters. The minimum Gasteiger partial charge on any atom is -0.461 e. The molecule has 6 nitrogen and oxygen atoms in total. The summed E-state index contributed by atoms with van der Waals surface area (Å²) >= 11 is 1.40. The first-order valence-corrected chi connectivity index (χ1v) is 9.40. The summed E-state index contributed by atoms with van der Waals surface area (Å²) in [6.45, 7) is 4.51. The Kier molecular flexibility index (Phi) is 5.28. The van der Waals surface area contributed by atoms with Crippen LogP contribution >= 0.6 is 11.8 Å². The molecular formula is C17H24N4O2S. The van der Waals surface area contributed by atoms with Gasteiger partial charge < -0.3 is 14.3 Å². The predicted molar refractivity (Wildman–Crippen MR) is 93.5 cm³/mol. The molecule has 0 aliphatic heterocycles. The van der Waals surface area contributed by atoms with Gasteiger partial charge in [-0.15, -0.1) is 10.2 Å². The van der Waals surface area contributed by atoms with E-state index in [0.29, 0.717) is 40.4 Å². The van der Waals surface area contributed by atoms with Gasteiger partial charge in [0.25, 0.3) is 0 Å². The molecule has 1 aliphatic carbocycles. The molecule has 3 rings (SSSR count). The van der Waals surface area contributed by atoms with E-state index in [1.807, 2.05) is 23.7 Å². The Morgan fingerprint density at radius 3 is 3.00 bits per heavy atom. The van der Waals surface area contributed by atoms with Crippen LogP contribution in [0, 0.1) is 11.8 Å². The minimum atomic E-state index is 0.0634. The van der Waals surface area contributed by atoms with Crippen molar-refractivity contribution < 1.29 is 9.21 Å². The third-order valence-electron chi connectivity index (χ3n) is 4.96. The smallest absolute Gasteiger partial charge is 0.230 e. The van der Waals surface area contributed by atoms with Gasteiger partial charge in [-0.2, -0.15) is 0 Å². The molecule has 1 N–H and O–H groups in total. The predicted octanol–water partition coefficient (Wildman–Crippen LogP) is 3.11. The Morgan fingerprint density at radius 1 is 1.42 bits per heavy atom. The SMILES string of the molecule is C[C@@H]1[C@@H](C)CCC[C@H]1NC(=O)CSc1nnc(-c2ccco2)n1C.